The van der Waals surface area contributed by atoms with E-state index in [0.717, 1.165) is 24.2 Å². The average Bonchev–Trinajstić information content (AvgIpc) is 2.82. The van der Waals surface area contributed by atoms with Crippen molar-refractivity contribution >= 4 is 23.6 Å². The first kappa shape index (κ1) is 25.4. The maximum absolute atomic E-state index is 13.4. The lowest BCUT2D eigenvalue weighted by molar-refractivity contribution is -0.139. The van der Waals surface area contributed by atoms with E-state index in [2.05, 4.69) is 55.6 Å². The number of nitrogens with one attached hydrogen (secondary N) is 1. The quantitative estimate of drug-likeness (QED) is 0.482. The number of hydrogen-bond acceptors (Lipinski definition) is 3. The minimum absolute atomic E-state index is 0.00577. The largest absolute Gasteiger partial charge is 0.352 e. The van der Waals surface area contributed by atoms with E-state index in [4.69, 9.17) is 0 Å². The maximum Gasteiger partial charge on any atom is 0.243 e. The van der Waals surface area contributed by atoms with Crippen molar-refractivity contribution in [3.63, 3.8) is 0 Å². The van der Waals surface area contributed by atoms with Crippen LogP contribution in [0.15, 0.2) is 48.5 Å². The van der Waals surface area contributed by atoms with E-state index in [1.807, 2.05) is 19.1 Å². The molecule has 2 aromatic rings. The fourth-order valence-electron chi connectivity index (χ4n) is 4.46. The molecule has 1 saturated carbocycles. The molecule has 1 aliphatic carbocycles. The van der Waals surface area contributed by atoms with Gasteiger partial charge in [-0.1, -0.05) is 80.3 Å². The molecule has 0 saturated heterocycles. The van der Waals surface area contributed by atoms with Gasteiger partial charge < -0.3 is 10.2 Å². The Morgan fingerprint density at radius 2 is 1.73 bits per heavy atom. The maximum atomic E-state index is 13.4. The number of benzene rings is 2. The summed E-state index contributed by atoms with van der Waals surface area (Å²) in [4.78, 5) is 28.5. The molecule has 3 rings (SSSR count). The molecular weight excluding hydrogens is 428 g/mol. The Morgan fingerprint density at radius 1 is 1.03 bits per heavy atom. The molecule has 1 aliphatic rings. The summed E-state index contributed by atoms with van der Waals surface area (Å²) in [5, 5.41) is 3.25. The average molecular weight is 467 g/mol. The fourth-order valence-corrected chi connectivity index (χ4v) is 5.44. The van der Waals surface area contributed by atoms with E-state index >= 15 is 0 Å². The van der Waals surface area contributed by atoms with E-state index in [1.54, 1.807) is 16.7 Å². The number of carbonyl (C=O) groups excluding carboxylic acids is 2. The molecule has 2 amide bonds. The van der Waals surface area contributed by atoms with E-state index in [0.29, 0.717) is 18.7 Å². The first-order valence-electron chi connectivity index (χ1n) is 12.3. The number of thioether (sulfide) groups is 1. The molecule has 4 nitrogen and oxygen atoms in total. The SMILES string of the molecule is CC[C@H](C(=O)NC1CCCCC1)N(Cc1ccc(C)cc1)C(=O)CSCc1ccccc1C. The third-order valence-electron chi connectivity index (χ3n) is 6.56. The van der Waals surface area contributed by atoms with Crippen molar-refractivity contribution in [2.24, 2.45) is 0 Å². The van der Waals surface area contributed by atoms with Gasteiger partial charge in [0.2, 0.25) is 11.8 Å². The topological polar surface area (TPSA) is 49.4 Å². The summed E-state index contributed by atoms with van der Waals surface area (Å²) in [7, 11) is 0. The molecule has 0 radical (unpaired) electrons. The van der Waals surface area contributed by atoms with Gasteiger partial charge in [-0.15, -0.1) is 11.8 Å². The lowest BCUT2D eigenvalue weighted by Gasteiger charge is -2.32. The van der Waals surface area contributed by atoms with Crippen LogP contribution in [-0.4, -0.2) is 34.6 Å². The molecule has 0 unspecified atom stereocenters. The zero-order valence-electron chi connectivity index (χ0n) is 20.3. The van der Waals surface area contributed by atoms with Crippen molar-refractivity contribution in [2.75, 3.05) is 5.75 Å². The van der Waals surface area contributed by atoms with Crippen LogP contribution < -0.4 is 5.32 Å². The van der Waals surface area contributed by atoms with E-state index < -0.39 is 6.04 Å². The van der Waals surface area contributed by atoms with Crippen molar-refractivity contribution in [3.8, 4) is 0 Å². The van der Waals surface area contributed by atoms with Crippen molar-refractivity contribution in [1.29, 1.82) is 0 Å². The second-order valence-corrected chi connectivity index (χ2v) is 10.2. The number of aryl methyl sites for hydroxylation is 2. The molecule has 2 aromatic carbocycles. The predicted molar refractivity (Wildman–Crippen MR) is 138 cm³/mol. The van der Waals surface area contributed by atoms with Crippen LogP contribution in [0.1, 0.15) is 67.7 Å². The highest BCUT2D eigenvalue weighted by molar-refractivity contribution is 7.99. The summed E-state index contributed by atoms with van der Waals surface area (Å²) in [6.07, 6.45) is 6.28. The van der Waals surface area contributed by atoms with Gasteiger partial charge in [0.15, 0.2) is 0 Å². The van der Waals surface area contributed by atoms with Gasteiger partial charge in [-0.2, -0.15) is 0 Å². The molecular formula is C28H38N2O2S. The normalized spacial score (nSPS) is 15.1. The highest BCUT2D eigenvalue weighted by Crippen LogP contribution is 2.21. The number of hydrogen-bond donors (Lipinski definition) is 1. The Morgan fingerprint density at radius 3 is 2.39 bits per heavy atom. The van der Waals surface area contributed by atoms with Crippen LogP contribution in [0.4, 0.5) is 0 Å². The lowest BCUT2D eigenvalue weighted by Crippen LogP contribution is -2.52. The van der Waals surface area contributed by atoms with Gasteiger partial charge in [0.1, 0.15) is 6.04 Å². The predicted octanol–water partition coefficient (Wildman–Crippen LogP) is 5.79. The summed E-state index contributed by atoms with van der Waals surface area (Å²) in [5.41, 5.74) is 4.74. The number of amides is 2. The second kappa shape index (κ2) is 12.8. The molecule has 178 valence electrons. The van der Waals surface area contributed by atoms with Crippen molar-refractivity contribution < 1.29 is 9.59 Å². The van der Waals surface area contributed by atoms with Crippen LogP contribution >= 0.6 is 11.8 Å². The summed E-state index contributed by atoms with van der Waals surface area (Å²) in [5.74, 6) is 1.18. The van der Waals surface area contributed by atoms with Crippen LogP contribution in [0.25, 0.3) is 0 Å². The van der Waals surface area contributed by atoms with Gasteiger partial charge in [-0.3, -0.25) is 9.59 Å². The molecule has 1 N–H and O–H groups in total. The van der Waals surface area contributed by atoms with Gasteiger partial charge in [-0.25, -0.2) is 0 Å². The molecule has 1 atom stereocenters. The molecule has 0 spiro atoms. The Labute approximate surface area is 203 Å². The Kier molecular flexibility index (Phi) is 9.86. The fraction of sp³-hybridized carbons (Fsp3) is 0.500. The lowest BCUT2D eigenvalue weighted by atomic mass is 9.95. The van der Waals surface area contributed by atoms with E-state index in [-0.39, 0.29) is 17.9 Å². The van der Waals surface area contributed by atoms with E-state index in [9.17, 15) is 9.59 Å². The molecule has 5 heteroatoms. The molecule has 0 aromatic heterocycles. The smallest absolute Gasteiger partial charge is 0.243 e. The summed E-state index contributed by atoms with van der Waals surface area (Å²) in [6, 6.07) is 16.3. The van der Waals surface area contributed by atoms with E-state index in [1.165, 1.54) is 36.0 Å². The van der Waals surface area contributed by atoms with Crippen molar-refractivity contribution in [1.82, 2.24) is 10.2 Å². The molecule has 0 heterocycles. The zero-order valence-corrected chi connectivity index (χ0v) is 21.1. The first-order valence-corrected chi connectivity index (χ1v) is 13.4. The summed E-state index contributed by atoms with van der Waals surface area (Å²) in [6.45, 7) is 6.62. The van der Waals surface area contributed by atoms with Gasteiger partial charge in [0.05, 0.1) is 5.75 Å². The monoisotopic (exact) mass is 466 g/mol. The Balaban J connectivity index is 1.70. The summed E-state index contributed by atoms with van der Waals surface area (Å²) < 4.78 is 0. The van der Waals surface area contributed by atoms with Crippen LogP contribution in [0, 0.1) is 13.8 Å². The van der Waals surface area contributed by atoms with Crippen LogP contribution in [0.5, 0.6) is 0 Å². The third-order valence-corrected chi connectivity index (χ3v) is 7.52. The van der Waals surface area contributed by atoms with Gasteiger partial charge >= 0.3 is 0 Å². The van der Waals surface area contributed by atoms with Crippen molar-refractivity contribution in [3.05, 3.63) is 70.8 Å². The highest BCUT2D eigenvalue weighted by Gasteiger charge is 2.30. The third kappa shape index (κ3) is 7.63. The first-order chi connectivity index (χ1) is 16.0. The number of carbonyl (C=O) groups is 2. The minimum Gasteiger partial charge on any atom is -0.352 e. The summed E-state index contributed by atoms with van der Waals surface area (Å²) >= 11 is 1.62. The zero-order chi connectivity index (χ0) is 23.6. The standard InChI is InChI=1S/C28H38N2O2S/c1-4-26(28(32)29-25-12-6-5-7-13-25)30(18-23-16-14-21(2)15-17-23)27(31)20-33-19-24-11-9-8-10-22(24)3/h8-11,14-17,25-26H,4-7,12-13,18-20H2,1-3H3,(H,29,32)/t26-/m1/s1. The number of nitrogens with zero attached hydrogens (tertiary/aromatic N) is 1. The molecule has 0 aliphatic heterocycles. The Bertz CT molecular complexity index is 906. The van der Waals surface area contributed by atoms with Gasteiger partial charge in [0, 0.05) is 18.3 Å². The van der Waals surface area contributed by atoms with Crippen molar-refractivity contribution in [2.45, 2.75) is 83.7 Å². The highest BCUT2D eigenvalue weighted by atomic mass is 32.2. The molecule has 1 fully saturated rings. The molecule has 33 heavy (non-hydrogen) atoms. The Hall–Kier alpha value is -2.27. The second-order valence-electron chi connectivity index (χ2n) is 9.19. The van der Waals surface area contributed by atoms with Crippen LogP contribution in [-0.2, 0) is 21.9 Å². The van der Waals surface area contributed by atoms with Gasteiger partial charge in [0.25, 0.3) is 0 Å². The van der Waals surface area contributed by atoms with Crippen LogP contribution in [0.2, 0.25) is 0 Å². The van der Waals surface area contributed by atoms with Crippen LogP contribution in [0.3, 0.4) is 0 Å². The number of rotatable bonds is 10. The van der Waals surface area contributed by atoms with Gasteiger partial charge in [-0.05, 0) is 49.8 Å². The minimum atomic E-state index is -0.445. The molecule has 0 bridgehead atoms.